The van der Waals surface area contributed by atoms with Crippen molar-refractivity contribution in [3.63, 3.8) is 0 Å². The number of amides is 2. The summed E-state index contributed by atoms with van der Waals surface area (Å²) >= 11 is 11.7. The maximum Gasteiger partial charge on any atom is 0.323 e. The van der Waals surface area contributed by atoms with Crippen molar-refractivity contribution in [3.8, 4) is 0 Å². The van der Waals surface area contributed by atoms with Crippen LogP contribution in [0.1, 0.15) is 0 Å². The quantitative estimate of drug-likeness (QED) is 0.323. The summed E-state index contributed by atoms with van der Waals surface area (Å²) in [6, 6.07) is 14.7. The zero-order valence-electron chi connectivity index (χ0n) is 15.5. The summed E-state index contributed by atoms with van der Waals surface area (Å²) in [5.41, 5.74) is 0.727. The number of nitro groups is 1. The van der Waals surface area contributed by atoms with Gasteiger partial charge in [0.1, 0.15) is 0 Å². The van der Waals surface area contributed by atoms with Gasteiger partial charge in [-0.25, -0.2) is 13.2 Å². The SMILES string of the molecule is O=C(Nc1ccc(NS(=O)(=O)c2ccc(Cl)c(Cl)c2)cc1)Nc1cccc([N+](=O)[O-])c1. The minimum absolute atomic E-state index is 0.0552. The van der Waals surface area contributed by atoms with Crippen LogP contribution in [0.2, 0.25) is 10.0 Å². The maximum absolute atomic E-state index is 12.5. The highest BCUT2D eigenvalue weighted by atomic mass is 35.5. The van der Waals surface area contributed by atoms with Crippen LogP contribution in [0.4, 0.5) is 27.5 Å². The Hall–Kier alpha value is -3.34. The molecule has 0 bridgehead atoms. The summed E-state index contributed by atoms with van der Waals surface area (Å²) in [7, 11) is -3.89. The predicted octanol–water partition coefficient (Wildman–Crippen LogP) is 5.35. The van der Waals surface area contributed by atoms with Gasteiger partial charge < -0.3 is 10.6 Å². The van der Waals surface area contributed by atoms with Crippen LogP contribution in [-0.4, -0.2) is 19.4 Å². The van der Waals surface area contributed by atoms with Gasteiger partial charge in [-0.3, -0.25) is 14.8 Å². The molecule has 0 fully saturated rings. The number of hydrogen-bond acceptors (Lipinski definition) is 5. The number of halogens is 2. The number of anilines is 3. The first kappa shape index (κ1) is 22.3. The average molecular weight is 481 g/mol. The highest BCUT2D eigenvalue weighted by Gasteiger charge is 2.16. The number of rotatable bonds is 6. The summed E-state index contributed by atoms with van der Waals surface area (Å²) in [5.74, 6) is 0. The number of benzene rings is 3. The van der Waals surface area contributed by atoms with Crippen molar-refractivity contribution < 1.29 is 18.1 Å². The van der Waals surface area contributed by atoms with Crippen LogP contribution in [-0.2, 0) is 10.0 Å². The summed E-state index contributed by atoms with van der Waals surface area (Å²) in [4.78, 5) is 22.3. The van der Waals surface area contributed by atoms with Crippen molar-refractivity contribution in [1.82, 2.24) is 0 Å². The molecular weight excluding hydrogens is 467 g/mol. The Morgan fingerprint density at radius 1 is 0.839 bits per heavy atom. The third-order valence-corrected chi connectivity index (χ3v) is 6.03. The minimum atomic E-state index is -3.89. The summed E-state index contributed by atoms with van der Waals surface area (Å²) in [6.07, 6.45) is 0. The van der Waals surface area contributed by atoms with Gasteiger partial charge in [0.25, 0.3) is 15.7 Å². The van der Waals surface area contributed by atoms with Crippen molar-refractivity contribution in [3.05, 3.63) is 86.9 Å². The minimum Gasteiger partial charge on any atom is -0.308 e. The van der Waals surface area contributed by atoms with Crippen LogP contribution < -0.4 is 15.4 Å². The fourth-order valence-electron chi connectivity index (χ4n) is 2.47. The molecular formula is C19H14Cl2N4O5S. The topological polar surface area (TPSA) is 130 Å². The molecule has 2 amide bonds. The van der Waals surface area contributed by atoms with E-state index in [1.54, 1.807) is 0 Å². The van der Waals surface area contributed by atoms with Gasteiger partial charge in [0.05, 0.1) is 19.9 Å². The molecule has 0 aliphatic carbocycles. The highest BCUT2D eigenvalue weighted by molar-refractivity contribution is 7.92. The first-order chi connectivity index (χ1) is 14.6. The fraction of sp³-hybridized carbons (Fsp3) is 0. The van der Waals surface area contributed by atoms with E-state index in [2.05, 4.69) is 15.4 Å². The van der Waals surface area contributed by atoms with E-state index < -0.39 is 21.0 Å². The van der Waals surface area contributed by atoms with Gasteiger partial charge in [0.2, 0.25) is 0 Å². The van der Waals surface area contributed by atoms with Crippen LogP contribution in [0.25, 0.3) is 0 Å². The monoisotopic (exact) mass is 480 g/mol. The van der Waals surface area contributed by atoms with Crippen LogP contribution in [0.5, 0.6) is 0 Å². The number of nitrogens with zero attached hydrogens (tertiary/aromatic N) is 1. The number of non-ortho nitro benzene ring substituents is 1. The number of nitrogens with one attached hydrogen (secondary N) is 3. The smallest absolute Gasteiger partial charge is 0.308 e. The Bertz CT molecular complexity index is 1250. The molecule has 0 saturated heterocycles. The molecule has 3 N–H and O–H groups in total. The van der Waals surface area contributed by atoms with Gasteiger partial charge in [-0.05, 0) is 48.5 Å². The van der Waals surface area contributed by atoms with E-state index in [-0.39, 0.29) is 32.0 Å². The third kappa shape index (κ3) is 5.85. The van der Waals surface area contributed by atoms with Crippen molar-refractivity contribution in [2.24, 2.45) is 0 Å². The fourth-order valence-corrected chi connectivity index (χ4v) is 3.92. The van der Waals surface area contributed by atoms with Gasteiger partial charge in [0.15, 0.2) is 0 Å². The molecule has 9 nitrogen and oxygen atoms in total. The van der Waals surface area contributed by atoms with E-state index >= 15 is 0 Å². The van der Waals surface area contributed by atoms with E-state index in [0.717, 1.165) is 0 Å². The summed E-state index contributed by atoms with van der Waals surface area (Å²) in [5, 5.41) is 16.2. The zero-order chi connectivity index (χ0) is 22.6. The average Bonchev–Trinajstić information content (AvgIpc) is 2.71. The molecule has 0 aromatic heterocycles. The van der Waals surface area contributed by atoms with E-state index in [1.807, 2.05) is 0 Å². The molecule has 3 aromatic rings. The Labute approximate surface area is 187 Å². The second kappa shape index (κ2) is 9.21. The largest absolute Gasteiger partial charge is 0.323 e. The molecule has 160 valence electrons. The van der Waals surface area contributed by atoms with Crippen LogP contribution in [0.15, 0.2) is 71.6 Å². The van der Waals surface area contributed by atoms with Gasteiger partial charge in [-0.15, -0.1) is 0 Å². The standard InChI is InChI=1S/C19H14Cl2N4O5S/c20-17-9-8-16(11-18(17)21)31(29,30)24-13-6-4-12(5-7-13)22-19(26)23-14-2-1-3-15(10-14)25(27)28/h1-11,24H,(H2,22,23,26). The van der Waals surface area contributed by atoms with Crippen molar-refractivity contribution >= 4 is 62.0 Å². The lowest BCUT2D eigenvalue weighted by Crippen LogP contribution is -2.19. The number of carbonyl (C=O) groups excluding carboxylic acids is 1. The molecule has 0 radical (unpaired) electrons. The van der Waals surface area contributed by atoms with E-state index in [9.17, 15) is 23.3 Å². The lowest BCUT2D eigenvalue weighted by atomic mass is 10.3. The number of hydrogen-bond donors (Lipinski definition) is 3. The summed E-state index contributed by atoms with van der Waals surface area (Å²) in [6.45, 7) is 0. The molecule has 0 spiro atoms. The highest BCUT2D eigenvalue weighted by Crippen LogP contribution is 2.26. The predicted molar refractivity (Wildman–Crippen MR) is 119 cm³/mol. The van der Waals surface area contributed by atoms with Gasteiger partial charge in [0, 0.05) is 29.2 Å². The Morgan fingerprint density at radius 2 is 1.48 bits per heavy atom. The Kier molecular flexibility index (Phi) is 6.64. The second-order valence-electron chi connectivity index (χ2n) is 6.15. The van der Waals surface area contributed by atoms with Gasteiger partial charge in [-0.1, -0.05) is 29.3 Å². The molecule has 3 aromatic carbocycles. The first-order valence-electron chi connectivity index (χ1n) is 8.54. The van der Waals surface area contributed by atoms with Crippen LogP contribution >= 0.6 is 23.2 Å². The third-order valence-electron chi connectivity index (χ3n) is 3.91. The molecule has 0 atom stereocenters. The van der Waals surface area contributed by atoms with Crippen LogP contribution in [0, 0.1) is 10.1 Å². The van der Waals surface area contributed by atoms with Gasteiger partial charge >= 0.3 is 6.03 Å². The number of sulfonamides is 1. The van der Waals surface area contributed by atoms with Crippen molar-refractivity contribution in [1.29, 1.82) is 0 Å². The van der Waals surface area contributed by atoms with E-state index in [4.69, 9.17) is 23.2 Å². The molecule has 0 saturated carbocycles. The number of nitro benzene ring substituents is 1. The normalized spacial score (nSPS) is 10.9. The molecule has 0 unspecified atom stereocenters. The second-order valence-corrected chi connectivity index (χ2v) is 8.64. The number of carbonyl (C=O) groups is 1. The molecule has 0 heterocycles. The lowest BCUT2D eigenvalue weighted by molar-refractivity contribution is -0.384. The van der Waals surface area contributed by atoms with E-state index in [0.29, 0.717) is 5.69 Å². The summed E-state index contributed by atoms with van der Waals surface area (Å²) < 4.78 is 27.3. The Balaban J connectivity index is 1.64. The van der Waals surface area contributed by atoms with Crippen LogP contribution in [0.3, 0.4) is 0 Å². The van der Waals surface area contributed by atoms with Crippen molar-refractivity contribution in [2.75, 3.05) is 15.4 Å². The molecule has 12 heteroatoms. The molecule has 0 aliphatic rings. The molecule has 31 heavy (non-hydrogen) atoms. The van der Waals surface area contributed by atoms with Crippen molar-refractivity contribution in [2.45, 2.75) is 4.90 Å². The van der Waals surface area contributed by atoms with E-state index in [1.165, 1.54) is 66.7 Å². The molecule has 0 aliphatic heterocycles. The Morgan fingerprint density at radius 3 is 2.13 bits per heavy atom. The van der Waals surface area contributed by atoms with Gasteiger partial charge in [-0.2, -0.15) is 0 Å². The maximum atomic E-state index is 12.5. The first-order valence-corrected chi connectivity index (χ1v) is 10.8. The zero-order valence-corrected chi connectivity index (χ0v) is 17.8. The lowest BCUT2D eigenvalue weighted by Gasteiger charge is -2.11. The molecule has 3 rings (SSSR count). The number of urea groups is 1.